The summed E-state index contributed by atoms with van der Waals surface area (Å²) < 4.78 is 2.28. The van der Waals surface area contributed by atoms with E-state index in [9.17, 15) is 4.79 Å². The highest BCUT2D eigenvalue weighted by molar-refractivity contribution is 7.15. The molecule has 0 radical (unpaired) electrons. The van der Waals surface area contributed by atoms with Gasteiger partial charge in [-0.05, 0) is 35.1 Å². The van der Waals surface area contributed by atoms with Gasteiger partial charge in [0.25, 0.3) is 5.56 Å². The lowest BCUT2D eigenvalue weighted by Crippen LogP contribution is -2.23. The predicted molar refractivity (Wildman–Crippen MR) is 111 cm³/mol. The van der Waals surface area contributed by atoms with Crippen LogP contribution in [0.3, 0.4) is 0 Å². The van der Waals surface area contributed by atoms with Crippen LogP contribution in [0.15, 0.2) is 53.3 Å². The van der Waals surface area contributed by atoms with E-state index in [-0.39, 0.29) is 11.0 Å². The Bertz CT molecular complexity index is 1230. The van der Waals surface area contributed by atoms with Gasteiger partial charge < -0.3 is 0 Å². The van der Waals surface area contributed by atoms with E-state index < -0.39 is 0 Å². The van der Waals surface area contributed by atoms with E-state index in [4.69, 9.17) is 0 Å². The number of hydrogen-bond donors (Lipinski definition) is 0. The van der Waals surface area contributed by atoms with Gasteiger partial charge in [-0.2, -0.15) is 0 Å². The fourth-order valence-corrected chi connectivity index (χ4v) is 4.00. The van der Waals surface area contributed by atoms with Crippen LogP contribution in [-0.2, 0) is 5.41 Å². The zero-order valence-electron chi connectivity index (χ0n) is 15.9. The van der Waals surface area contributed by atoms with Gasteiger partial charge in [-0.3, -0.25) is 4.79 Å². The van der Waals surface area contributed by atoms with Gasteiger partial charge in [0.2, 0.25) is 4.96 Å². The van der Waals surface area contributed by atoms with Gasteiger partial charge in [0.1, 0.15) is 0 Å². The molecule has 0 fully saturated rings. The molecule has 5 heteroatoms. The summed E-state index contributed by atoms with van der Waals surface area (Å²) >= 11 is 1.37. The lowest BCUT2D eigenvalue weighted by Gasteiger charge is -2.18. The minimum atomic E-state index is -0.0712. The summed E-state index contributed by atoms with van der Waals surface area (Å²) in [6.45, 7) is 8.58. The minimum Gasteiger partial charge on any atom is -0.267 e. The van der Waals surface area contributed by atoms with Crippen molar-refractivity contribution in [3.8, 4) is 11.4 Å². The molecule has 4 nitrogen and oxygen atoms in total. The molecule has 4 aromatic rings. The first-order chi connectivity index (χ1) is 12.8. The molecule has 2 aromatic heterocycles. The van der Waals surface area contributed by atoms with Gasteiger partial charge >= 0.3 is 0 Å². The van der Waals surface area contributed by atoms with Crippen LogP contribution in [0, 0.1) is 6.92 Å². The largest absolute Gasteiger partial charge is 0.276 e. The van der Waals surface area contributed by atoms with Crippen molar-refractivity contribution in [2.24, 2.45) is 0 Å². The number of rotatable bonds is 2. The fraction of sp³-hybridized carbons (Fsp3) is 0.227. The van der Waals surface area contributed by atoms with Crippen molar-refractivity contribution in [1.29, 1.82) is 0 Å². The summed E-state index contributed by atoms with van der Waals surface area (Å²) in [7, 11) is 0. The van der Waals surface area contributed by atoms with Crippen LogP contribution in [0.1, 0.15) is 37.5 Å². The molecular weight excluding hydrogens is 354 g/mol. The molecule has 0 spiro atoms. The highest BCUT2D eigenvalue weighted by Gasteiger charge is 2.16. The molecular formula is C22H21N3OS. The average molecular weight is 375 g/mol. The maximum Gasteiger partial charge on any atom is 0.276 e. The number of aryl methyl sites for hydroxylation is 1. The van der Waals surface area contributed by atoms with E-state index in [1.165, 1.54) is 16.9 Å². The Hall–Kier alpha value is -2.79. The van der Waals surface area contributed by atoms with Crippen molar-refractivity contribution < 1.29 is 0 Å². The zero-order chi connectivity index (χ0) is 19.2. The van der Waals surface area contributed by atoms with E-state index in [1.54, 1.807) is 4.40 Å². The third-order valence-electron chi connectivity index (χ3n) is 4.71. The van der Waals surface area contributed by atoms with E-state index in [2.05, 4.69) is 55.2 Å². The van der Waals surface area contributed by atoms with E-state index in [0.29, 0.717) is 15.3 Å². The topological polar surface area (TPSA) is 47.3 Å². The van der Waals surface area contributed by atoms with Crippen LogP contribution in [0.25, 0.3) is 22.4 Å². The van der Waals surface area contributed by atoms with Crippen molar-refractivity contribution in [3.05, 3.63) is 80.1 Å². The third-order valence-corrected chi connectivity index (χ3v) is 5.67. The summed E-state index contributed by atoms with van der Waals surface area (Å²) in [4.78, 5) is 13.6. The average Bonchev–Trinajstić information content (AvgIpc) is 3.16. The van der Waals surface area contributed by atoms with Crippen LogP contribution in [0.4, 0.5) is 0 Å². The number of benzene rings is 2. The quantitative estimate of drug-likeness (QED) is 0.533. The molecule has 27 heavy (non-hydrogen) atoms. The van der Waals surface area contributed by atoms with Crippen LogP contribution in [0.2, 0.25) is 0 Å². The SMILES string of the molecule is Cc1ccccc1-c1nnc2s/c(=C/c3ccc(C(C)(C)C)cc3)c(=O)n12. The molecule has 0 saturated heterocycles. The first kappa shape index (κ1) is 17.6. The molecule has 0 saturated carbocycles. The number of fused-ring (bicyclic) bond motifs is 1. The Morgan fingerprint density at radius 1 is 1.00 bits per heavy atom. The molecule has 2 aromatic carbocycles. The molecule has 2 heterocycles. The van der Waals surface area contributed by atoms with E-state index in [1.807, 2.05) is 37.3 Å². The van der Waals surface area contributed by atoms with Crippen LogP contribution >= 0.6 is 11.3 Å². The highest BCUT2D eigenvalue weighted by Crippen LogP contribution is 2.23. The molecule has 4 rings (SSSR count). The second kappa shape index (κ2) is 6.43. The van der Waals surface area contributed by atoms with Crippen LogP contribution < -0.4 is 10.1 Å². The van der Waals surface area contributed by atoms with Gasteiger partial charge in [0, 0.05) is 5.56 Å². The first-order valence-corrected chi connectivity index (χ1v) is 9.72. The van der Waals surface area contributed by atoms with Crippen molar-refractivity contribution >= 4 is 22.4 Å². The zero-order valence-corrected chi connectivity index (χ0v) is 16.7. The Labute approximate surface area is 161 Å². The number of aromatic nitrogens is 3. The molecule has 0 amide bonds. The minimum absolute atomic E-state index is 0.0712. The summed E-state index contributed by atoms with van der Waals surface area (Å²) in [5, 5.41) is 8.46. The second-order valence-electron chi connectivity index (χ2n) is 7.74. The highest BCUT2D eigenvalue weighted by atomic mass is 32.1. The summed E-state index contributed by atoms with van der Waals surface area (Å²) in [6, 6.07) is 16.3. The molecule has 0 N–H and O–H groups in total. The van der Waals surface area contributed by atoms with Crippen molar-refractivity contribution in [1.82, 2.24) is 14.6 Å². The Morgan fingerprint density at radius 3 is 2.37 bits per heavy atom. The monoisotopic (exact) mass is 375 g/mol. The molecule has 0 bridgehead atoms. The predicted octanol–water partition coefficient (Wildman–Crippen LogP) is 3.97. The normalized spacial score (nSPS) is 12.8. The standard InChI is InChI=1S/C22H21N3OS/c1-14-7-5-6-8-17(14)19-23-24-21-25(19)20(26)18(27-21)13-15-9-11-16(12-10-15)22(2,3)4/h5-13H,1-4H3/b18-13+. The van der Waals surface area contributed by atoms with Crippen molar-refractivity contribution in [3.63, 3.8) is 0 Å². The Kier molecular flexibility index (Phi) is 4.19. The van der Waals surface area contributed by atoms with Gasteiger partial charge in [0.05, 0.1) is 4.53 Å². The van der Waals surface area contributed by atoms with Crippen molar-refractivity contribution in [2.45, 2.75) is 33.1 Å². The van der Waals surface area contributed by atoms with Gasteiger partial charge in [-0.25, -0.2) is 4.40 Å². The smallest absolute Gasteiger partial charge is 0.267 e. The number of nitrogens with zero attached hydrogens (tertiary/aromatic N) is 3. The lowest BCUT2D eigenvalue weighted by molar-refractivity contribution is 0.590. The lowest BCUT2D eigenvalue weighted by atomic mass is 9.87. The fourth-order valence-electron chi connectivity index (χ4n) is 3.09. The molecule has 0 atom stereocenters. The first-order valence-electron chi connectivity index (χ1n) is 8.91. The Morgan fingerprint density at radius 2 is 1.70 bits per heavy atom. The van der Waals surface area contributed by atoms with E-state index >= 15 is 0 Å². The summed E-state index contributed by atoms with van der Waals surface area (Å²) in [6.07, 6.45) is 1.93. The summed E-state index contributed by atoms with van der Waals surface area (Å²) in [5.74, 6) is 0.604. The van der Waals surface area contributed by atoms with Gasteiger partial charge in [-0.15, -0.1) is 10.2 Å². The van der Waals surface area contributed by atoms with Crippen molar-refractivity contribution in [2.75, 3.05) is 0 Å². The molecule has 0 aliphatic heterocycles. The van der Waals surface area contributed by atoms with Crippen LogP contribution in [0.5, 0.6) is 0 Å². The maximum absolute atomic E-state index is 13.0. The second-order valence-corrected chi connectivity index (χ2v) is 8.75. The number of thiazole rings is 1. The maximum atomic E-state index is 13.0. The molecule has 0 unspecified atom stereocenters. The van der Waals surface area contributed by atoms with Gasteiger partial charge in [0.15, 0.2) is 5.82 Å². The molecule has 0 aliphatic rings. The third kappa shape index (κ3) is 3.19. The van der Waals surface area contributed by atoms with Gasteiger partial charge in [-0.1, -0.05) is 80.6 Å². The molecule has 0 aliphatic carbocycles. The summed E-state index contributed by atoms with van der Waals surface area (Å²) in [5.41, 5.74) is 4.32. The van der Waals surface area contributed by atoms with E-state index in [0.717, 1.165) is 16.7 Å². The molecule has 136 valence electrons. The van der Waals surface area contributed by atoms with Crippen LogP contribution in [-0.4, -0.2) is 14.6 Å². The number of hydrogen-bond acceptors (Lipinski definition) is 4. The Balaban J connectivity index is 1.83.